The van der Waals surface area contributed by atoms with E-state index in [0.717, 1.165) is 5.69 Å². The quantitative estimate of drug-likeness (QED) is 0.851. The molecule has 0 aromatic carbocycles. The van der Waals surface area contributed by atoms with Crippen LogP contribution in [0.15, 0.2) is 6.07 Å². The minimum absolute atomic E-state index is 0.0306. The summed E-state index contributed by atoms with van der Waals surface area (Å²) in [5, 5.41) is 16.4. The Labute approximate surface area is 120 Å². The number of hydrogen-bond acceptors (Lipinski definition) is 4. The SMILES string of the molecule is Cc1cc(NC(=O)CN(C)C(C)CO)n(C(C)(C)C)n1. The fourth-order valence-electron chi connectivity index (χ4n) is 1.80. The van der Waals surface area contributed by atoms with Crippen LogP contribution in [0.25, 0.3) is 0 Å². The van der Waals surface area contributed by atoms with E-state index in [1.54, 1.807) is 4.90 Å². The monoisotopic (exact) mass is 282 g/mol. The number of aromatic nitrogens is 2. The molecule has 6 heteroatoms. The number of hydrogen-bond donors (Lipinski definition) is 2. The molecule has 114 valence electrons. The summed E-state index contributed by atoms with van der Waals surface area (Å²) in [6, 6.07) is 1.81. The van der Waals surface area contributed by atoms with Crippen LogP contribution in [0.1, 0.15) is 33.4 Å². The van der Waals surface area contributed by atoms with Gasteiger partial charge in [-0.2, -0.15) is 5.10 Å². The zero-order chi connectivity index (χ0) is 15.5. The van der Waals surface area contributed by atoms with Crippen molar-refractivity contribution in [2.45, 2.75) is 46.2 Å². The van der Waals surface area contributed by atoms with Gasteiger partial charge < -0.3 is 10.4 Å². The van der Waals surface area contributed by atoms with Crippen LogP contribution in [0.3, 0.4) is 0 Å². The molecule has 1 rings (SSSR count). The van der Waals surface area contributed by atoms with Gasteiger partial charge >= 0.3 is 0 Å². The molecule has 0 aliphatic rings. The molecule has 0 bridgehead atoms. The zero-order valence-corrected chi connectivity index (χ0v) is 13.3. The van der Waals surface area contributed by atoms with Gasteiger partial charge in [0.15, 0.2) is 0 Å². The Bertz CT molecular complexity index is 462. The van der Waals surface area contributed by atoms with Crippen molar-refractivity contribution in [1.82, 2.24) is 14.7 Å². The largest absolute Gasteiger partial charge is 0.395 e. The van der Waals surface area contributed by atoms with Gasteiger partial charge in [0.05, 0.1) is 24.4 Å². The Morgan fingerprint density at radius 1 is 1.55 bits per heavy atom. The van der Waals surface area contributed by atoms with Crippen LogP contribution in [-0.2, 0) is 10.3 Å². The first-order valence-corrected chi connectivity index (χ1v) is 6.83. The lowest BCUT2D eigenvalue weighted by atomic mass is 10.1. The molecule has 20 heavy (non-hydrogen) atoms. The van der Waals surface area contributed by atoms with Crippen molar-refractivity contribution in [2.75, 3.05) is 25.5 Å². The number of aliphatic hydroxyl groups is 1. The van der Waals surface area contributed by atoms with Gasteiger partial charge in [0.2, 0.25) is 5.91 Å². The molecule has 0 saturated heterocycles. The molecule has 0 saturated carbocycles. The summed E-state index contributed by atoms with van der Waals surface area (Å²) < 4.78 is 1.82. The maximum Gasteiger partial charge on any atom is 0.239 e. The highest BCUT2D eigenvalue weighted by atomic mass is 16.3. The van der Waals surface area contributed by atoms with Crippen molar-refractivity contribution in [3.8, 4) is 0 Å². The maximum atomic E-state index is 12.1. The standard InChI is InChI=1S/C14H26N4O2/c1-10-7-12(18(16-10)14(3,4)5)15-13(20)8-17(6)11(2)9-19/h7,11,19H,8-9H2,1-6H3,(H,15,20). The Balaban J connectivity index is 2.76. The fraction of sp³-hybridized carbons (Fsp3) is 0.714. The third kappa shape index (κ3) is 4.31. The van der Waals surface area contributed by atoms with Crippen LogP contribution in [0.4, 0.5) is 5.82 Å². The van der Waals surface area contributed by atoms with Gasteiger partial charge in [-0.05, 0) is 41.7 Å². The molecule has 2 N–H and O–H groups in total. The smallest absolute Gasteiger partial charge is 0.239 e. The molecular formula is C14H26N4O2. The Morgan fingerprint density at radius 2 is 2.15 bits per heavy atom. The number of aryl methyl sites for hydroxylation is 1. The normalized spacial score (nSPS) is 13.6. The predicted molar refractivity (Wildman–Crippen MR) is 79.8 cm³/mol. The van der Waals surface area contributed by atoms with Crippen LogP contribution in [0, 0.1) is 6.92 Å². The summed E-state index contributed by atoms with van der Waals surface area (Å²) in [5.74, 6) is 0.586. The van der Waals surface area contributed by atoms with Gasteiger partial charge in [0, 0.05) is 12.1 Å². The highest BCUT2D eigenvalue weighted by molar-refractivity contribution is 5.91. The lowest BCUT2D eigenvalue weighted by molar-refractivity contribution is -0.117. The van der Waals surface area contributed by atoms with Crippen molar-refractivity contribution in [2.24, 2.45) is 0 Å². The second-order valence-corrected chi connectivity index (χ2v) is 6.25. The van der Waals surface area contributed by atoms with Gasteiger partial charge in [-0.25, -0.2) is 4.68 Å². The predicted octanol–water partition coefficient (Wildman–Crippen LogP) is 1.20. The lowest BCUT2D eigenvalue weighted by Gasteiger charge is -2.24. The van der Waals surface area contributed by atoms with E-state index in [2.05, 4.69) is 10.4 Å². The number of aliphatic hydroxyl groups excluding tert-OH is 1. The maximum absolute atomic E-state index is 12.1. The number of anilines is 1. The van der Waals surface area contributed by atoms with Gasteiger partial charge in [-0.15, -0.1) is 0 Å². The minimum Gasteiger partial charge on any atom is -0.395 e. The second kappa shape index (κ2) is 6.37. The molecule has 1 atom stereocenters. The molecular weight excluding hydrogens is 256 g/mol. The molecule has 0 spiro atoms. The molecule has 1 unspecified atom stereocenters. The van der Waals surface area contributed by atoms with Crippen LogP contribution in [0.5, 0.6) is 0 Å². The fourth-order valence-corrected chi connectivity index (χ4v) is 1.80. The Hall–Kier alpha value is -1.40. The second-order valence-electron chi connectivity index (χ2n) is 6.25. The van der Waals surface area contributed by atoms with E-state index in [9.17, 15) is 4.79 Å². The third-order valence-electron chi connectivity index (χ3n) is 3.14. The van der Waals surface area contributed by atoms with Gasteiger partial charge in [-0.3, -0.25) is 9.69 Å². The van der Waals surface area contributed by atoms with Crippen molar-refractivity contribution < 1.29 is 9.90 Å². The Morgan fingerprint density at radius 3 is 2.65 bits per heavy atom. The topological polar surface area (TPSA) is 70.4 Å². The molecule has 0 aliphatic heterocycles. The average molecular weight is 282 g/mol. The number of carbonyl (C=O) groups is 1. The molecule has 1 heterocycles. The van der Waals surface area contributed by atoms with E-state index < -0.39 is 0 Å². The number of carbonyl (C=O) groups excluding carboxylic acids is 1. The van der Waals surface area contributed by atoms with Crippen molar-refractivity contribution in [3.63, 3.8) is 0 Å². The van der Waals surface area contributed by atoms with E-state index in [1.807, 2.05) is 52.4 Å². The van der Waals surface area contributed by atoms with Crippen LogP contribution < -0.4 is 5.32 Å². The number of nitrogens with zero attached hydrogens (tertiary/aromatic N) is 3. The molecule has 0 radical (unpaired) electrons. The highest BCUT2D eigenvalue weighted by Gasteiger charge is 2.20. The van der Waals surface area contributed by atoms with E-state index in [0.29, 0.717) is 5.82 Å². The van der Waals surface area contributed by atoms with Crippen LogP contribution in [0.2, 0.25) is 0 Å². The van der Waals surface area contributed by atoms with Crippen molar-refractivity contribution in [3.05, 3.63) is 11.8 Å². The Kier molecular flexibility index (Phi) is 5.30. The molecule has 1 aromatic heterocycles. The van der Waals surface area contributed by atoms with E-state index in [-0.39, 0.29) is 30.6 Å². The zero-order valence-electron chi connectivity index (χ0n) is 13.3. The summed E-state index contributed by atoms with van der Waals surface area (Å²) in [5.41, 5.74) is 0.675. The van der Waals surface area contributed by atoms with Gasteiger partial charge in [-0.1, -0.05) is 0 Å². The lowest BCUT2D eigenvalue weighted by Crippen LogP contribution is -2.38. The van der Waals surface area contributed by atoms with Crippen LogP contribution in [-0.4, -0.2) is 51.9 Å². The highest BCUT2D eigenvalue weighted by Crippen LogP contribution is 2.21. The summed E-state index contributed by atoms with van der Waals surface area (Å²) >= 11 is 0. The van der Waals surface area contributed by atoms with Crippen LogP contribution >= 0.6 is 0 Å². The minimum atomic E-state index is -0.193. The molecule has 0 fully saturated rings. The third-order valence-corrected chi connectivity index (χ3v) is 3.14. The molecule has 6 nitrogen and oxygen atoms in total. The van der Waals surface area contributed by atoms with Gasteiger partial charge in [0.1, 0.15) is 5.82 Å². The molecule has 0 aliphatic carbocycles. The molecule has 1 amide bonds. The molecule has 1 aromatic rings. The van der Waals surface area contributed by atoms with E-state index >= 15 is 0 Å². The number of nitrogens with one attached hydrogen (secondary N) is 1. The first kappa shape index (κ1) is 16.7. The first-order chi connectivity index (χ1) is 9.15. The summed E-state index contributed by atoms with van der Waals surface area (Å²) in [7, 11) is 1.81. The first-order valence-electron chi connectivity index (χ1n) is 6.83. The van der Waals surface area contributed by atoms with Gasteiger partial charge in [0.25, 0.3) is 0 Å². The van der Waals surface area contributed by atoms with Crippen molar-refractivity contribution in [1.29, 1.82) is 0 Å². The average Bonchev–Trinajstić information content (AvgIpc) is 2.68. The summed E-state index contributed by atoms with van der Waals surface area (Å²) in [6.07, 6.45) is 0. The number of amides is 1. The number of rotatable bonds is 5. The summed E-state index contributed by atoms with van der Waals surface area (Å²) in [4.78, 5) is 13.9. The number of likely N-dealkylation sites (N-methyl/N-ethyl adjacent to an activating group) is 1. The van der Waals surface area contributed by atoms with E-state index in [4.69, 9.17) is 5.11 Å². The summed E-state index contributed by atoms with van der Waals surface area (Å²) in [6.45, 7) is 10.1. The van der Waals surface area contributed by atoms with Crippen molar-refractivity contribution >= 4 is 11.7 Å². The van der Waals surface area contributed by atoms with E-state index in [1.165, 1.54) is 0 Å².